The van der Waals surface area contributed by atoms with E-state index in [1.54, 1.807) is 20.4 Å². The van der Waals surface area contributed by atoms with Crippen LogP contribution in [0.5, 0.6) is 11.5 Å². The van der Waals surface area contributed by atoms with Crippen molar-refractivity contribution in [1.82, 2.24) is 19.7 Å². The van der Waals surface area contributed by atoms with Crippen LogP contribution in [0.25, 0.3) is 16.5 Å². The molecule has 0 amide bonds. The Morgan fingerprint density at radius 2 is 1.75 bits per heavy atom. The van der Waals surface area contributed by atoms with Gasteiger partial charge in [-0.3, -0.25) is 9.29 Å². The molecule has 32 heavy (non-hydrogen) atoms. The lowest BCUT2D eigenvalue weighted by Gasteiger charge is -2.16. The molecular weight excluding hydrogens is 489 g/mol. The maximum absolute atomic E-state index is 6.12. The van der Waals surface area contributed by atoms with Crippen molar-refractivity contribution in [3.63, 3.8) is 0 Å². The summed E-state index contributed by atoms with van der Waals surface area (Å²) in [6, 6.07) is 13.4. The summed E-state index contributed by atoms with van der Waals surface area (Å²) in [4.78, 5) is 4.38. The van der Waals surface area contributed by atoms with Gasteiger partial charge < -0.3 is 9.47 Å². The summed E-state index contributed by atoms with van der Waals surface area (Å²) in [7, 11) is 3.22. The fraction of sp³-hybridized carbons (Fsp3) is 0.190. The van der Waals surface area contributed by atoms with Crippen LogP contribution in [0, 0.1) is 0 Å². The molecule has 0 aliphatic rings. The lowest BCUT2D eigenvalue weighted by atomic mass is 10.2. The minimum absolute atomic E-state index is 0.523. The SMILES string of the molecule is COc1cccc(OC)c1-n1c(NSCCc2ccc(Cl)cc2)nnc1-c1ncc(Cl)s1. The predicted octanol–water partition coefficient (Wildman–Crippen LogP) is 6.02. The number of aryl methyl sites for hydroxylation is 1. The average molecular weight is 508 g/mol. The van der Waals surface area contributed by atoms with E-state index in [4.69, 9.17) is 32.7 Å². The standard InChI is InChI=1S/C21H19Cl2N5O2S2/c1-29-15-4-3-5-16(30-2)18(15)28-19(20-24-12-17(23)32-20)25-26-21(28)27-31-11-10-13-6-8-14(22)9-7-13/h3-9,12H,10-11H2,1-2H3,(H,26,27). The first kappa shape index (κ1) is 22.7. The van der Waals surface area contributed by atoms with Gasteiger partial charge in [-0.25, -0.2) is 4.98 Å². The summed E-state index contributed by atoms with van der Waals surface area (Å²) in [5, 5.41) is 10.1. The van der Waals surface area contributed by atoms with Crippen molar-refractivity contribution in [2.75, 3.05) is 24.7 Å². The molecule has 0 aliphatic heterocycles. The summed E-state index contributed by atoms with van der Waals surface area (Å²) in [6.07, 6.45) is 2.46. The van der Waals surface area contributed by atoms with Crippen LogP contribution in [-0.2, 0) is 6.42 Å². The number of hydrogen-bond acceptors (Lipinski definition) is 8. The van der Waals surface area contributed by atoms with E-state index in [9.17, 15) is 0 Å². The Morgan fingerprint density at radius 1 is 1.03 bits per heavy atom. The molecule has 7 nitrogen and oxygen atoms in total. The fourth-order valence-corrected chi connectivity index (χ4v) is 4.76. The molecule has 0 spiro atoms. The molecule has 0 aliphatic carbocycles. The van der Waals surface area contributed by atoms with Crippen LogP contribution in [0.2, 0.25) is 9.36 Å². The van der Waals surface area contributed by atoms with E-state index in [0.29, 0.717) is 38.3 Å². The van der Waals surface area contributed by atoms with Crippen LogP contribution in [0.4, 0.5) is 5.95 Å². The first-order valence-corrected chi connectivity index (χ1v) is 12.1. The minimum Gasteiger partial charge on any atom is -0.494 e. The van der Waals surface area contributed by atoms with Gasteiger partial charge in [0.15, 0.2) is 10.8 Å². The molecule has 2 aromatic carbocycles. The third-order valence-corrected chi connectivity index (χ3v) is 6.62. The molecule has 166 valence electrons. The molecule has 0 fully saturated rings. The van der Waals surface area contributed by atoms with Crippen LogP contribution < -0.4 is 14.2 Å². The van der Waals surface area contributed by atoms with E-state index >= 15 is 0 Å². The molecule has 0 saturated heterocycles. The molecule has 4 aromatic rings. The van der Waals surface area contributed by atoms with Gasteiger partial charge in [-0.1, -0.05) is 52.7 Å². The number of methoxy groups -OCH3 is 2. The van der Waals surface area contributed by atoms with E-state index in [0.717, 1.165) is 17.2 Å². The Balaban J connectivity index is 1.65. The average Bonchev–Trinajstić information content (AvgIpc) is 3.43. The Morgan fingerprint density at radius 3 is 2.38 bits per heavy atom. The first-order valence-electron chi connectivity index (χ1n) is 9.51. The zero-order valence-corrected chi connectivity index (χ0v) is 20.4. The second-order valence-electron chi connectivity index (χ2n) is 6.49. The van der Waals surface area contributed by atoms with Gasteiger partial charge in [0.25, 0.3) is 0 Å². The number of aromatic nitrogens is 4. The lowest BCUT2D eigenvalue weighted by molar-refractivity contribution is 0.391. The molecular formula is C21H19Cl2N5O2S2. The third kappa shape index (κ3) is 4.96. The highest BCUT2D eigenvalue weighted by Crippen LogP contribution is 2.39. The number of nitrogens with one attached hydrogen (secondary N) is 1. The number of hydrogen-bond donors (Lipinski definition) is 1. The number of rotatable bonds is 9. The first-order chi connectivity index (χ1) is 15.6. The number of nitrogens with zero attached hydrogens (tertiary/aromatic N) is 4. The van der Waals surface area contributed by atoms with Crippen molar-refractivity contribution in [3.05, 3.63) is 63.6 Å². The summed E-state index contributed by atoms with van der Waals surface area (Å²) in [5.74, 6) is 3.10. The van der Waals surface area contributed by atoms with Gasteiger partial charge in [-0.15, -0.1) is 10.2 Å². The Labute approximate surface area is 203 Å². The molecule has 1 N–H and O–H groups in total. The number of halogens is 2. The Kier molecular flexibility index (Phi) is 7.41. The largest absolute Gasteiger partial charge is 0.494 e. The van der Waals surface area contributed by atoms with E-state index in [-0.39, 0.29) is 0 Å². The van der Waals surface area contributed by atoms with Crippen LogP contribution in [0.1, 0.15) is 5.56 Å². The van der Waals surface area contributed by atoms with Crippen molar-refractivity contribution in [1.29, 1.82) is 0 Å². The highest BCUT2D eigenvalue weighted by Gasteiger charge is 2.24. The van der Waals surface area contributed by atoms with Crippen molar-refractivity contribution in [2.24, 2.45) is 0 Å². The van der Waals surface area contributed by atoms with Crippen molar-refractivity contribution >= 4 is 52.4 Å². The molecule has 0 radical (unpaired) electrons. The van der Waals surface area contributed by atoms with Crippen molar-refractivity contribution in [2.45, 2.75) is 6.42 Å². The van der Waals surface area contributed by atoms with Gasteiger partial charge in [0.1, 0.15) is 21.5 Å². The zero-order valence-electron chi connectivity index (χ0n) is 17.2. The van der Waals surface area contributed by atoms with Gasteiger partial charge in [-0.05, 0) is 48.2 Å². The smallest absolute Gasteiger partial charge is 0.239 e. The maximum atomic E-state index is 6.12. The van der Waals surface area contributed by atoms with E-state index in [2.05, 4.69) is 19.9 Å². The summed E-state index contributed by atoms with van der Waals surface area (Å²) >= 11 is 14.9. The van der Waals surface area contributed by atoms with Crippen LogP contribution in [0.3, 0.4) is 0 Å². The number of thiazole rings is 1. The minimum atomic E-state index is 0.523. The monoisotopic (exact) mass is 507 g/mol. The Hall–Kier alpha value is -2.46. The normalized spacial score (nSPS) is 10.9. The maximum Gasteiger partial charge on any atom is 0.239 e. The zero-order chi connectivity index (χ0) is 22.5. The second kappa shape index (κ2) is 10.4. The number of para-hydroxylation sites is 1. The fourth-order valence-electron chi connectivity index (χ4n) is 3.05. The summed E-state index contributed by atoms with van der Waals surface area (Å²) < 4.78 is 16.9. The molecule has 0 atom stereocenters. The van der Waals surface area contributed by atoms with Crippen LogP contribution in [-0.4, -0.2) is 39.7 Å². The molecule has 0 saturated carbocycles. The topological polar surface area (TPSA) is 74.1 Å². The van der Waals surface area contributed by atoms with Gasteiger partial charge in [-0.2, -0.15) is 0 Å². The molecule has 0 bridgehead atoms. The quantitative estimate of drug-likeness (QED) is 0.219. The van der Waals surface area contributed by atoms with Gasteiger partial charge >= 0.3 is 0 Å². The molecule has 4 rings (SSSR count). The van der Waals surface area contributed by atoms with Gasteiger partial charge in [0, 0.05) is 10.8 Å². The Bertz CT molecular complexity index is 1180. The number of ether oxygens (including phenoxy) is 2. The molecule has 11 heteroatoms. The highest BCUT2D eigenvalue weighted by molar-refractivity contribution is 8.00. The van der Waals surface area contributed by atoms with Crippen LogP contribution in [0.15, 0.2) is 48.7 Å². The third-order valence-electron chi connectivity index (χ3n) is 4.53. The van der Waals surface area contributed by atoms with E-state index in [1.165, 1.54) is 28.8 Å². The summed E-state index contributed by atoms with van der Waals surface area (Å²) in [6.45, 7) is 0. The molecule has 2 aromatic heterocycles. The highest BCUT2D eigenvalue weighted by atomic mass is 35.5. The lowest BCUT2D eigenvalue weighted by Crippen LogP contribution is -2.07. The summed E-state index contributed by atoms with van der Waals surface area (Å²) in [5.41, 5.74) is 1.87. The van der Waals surface area contributed by atoms with Crippen molar-refractivity contribution < 1.29 is 9.47 Å². The molecule has 0 unspecified atom stereocenters. The van der Waals surface area contributed by atoms with Crippen LogP contribution >= 0.6 is 46.5 Å². The predicted molar refractivity (Wildman–Crippen MR) is 132 cm³/mol. The van der Waals surface area contributed by atoms with E-state index < -0.39 is 0 Å². The van der Waals surface area contributed by atoms with Gasteiger partial charge in [0.05, 0.1) is 20.4 Å². The number of benzene rings is 2. The second-order valence-corrected chi connectivity index (χ2v) is 9.49. The number of anilines is 1. The van der Waals surface area contributed by atoms with Gasteiger partial charge in [0.2, 0.25) is 5.95 Å². The van der Waals surface area contributed by atoms with E-state index in [1.807, 2.05) is 47.0 Å². The molecule has 2 heterocycles. The van der Waals surface area contributed by atoms with Crippen molar-refractivity contribution in [3.8, 4) is 28.0 Å².